The lowest BCUT2D eigenvalue weighted by Crippen LogP contribution is -2.23. The molecular weight excluding hydrogens is 248 g/mol. The van der Waals surface area contributed by atoms with Crippen molar-refractivity contribution in [2.45, 2.75) is 25.6 Å². The SMILES string of the molecule is COC(=O)CC(O)C(O)c1cc2cn[nH]c2cc1C. The summed E-state index contributed by atoms with van der Waals surface area (Å²) in [5.41, 5.74) is 2.24. The minimum Gasteiger partial charge on any atom is -0.469 e. The number of rotatable bonds is 4. The van der Waals surface area contributed by atoms with Gasteiger partial charge in [0.2, 0.25) is 0 Å². The fourth-order valence-electron chi connectivity index (χ4n) is 2.01. The molecule has 102 valence electrons. The molecule has 2 rings (SSSR count). The number of esters is 1. The van der Waals surface area contributed by atoms with Gasteiger partial charge >= 0.3 is 5.97 Å². The molecule has 1 heterocycles. The Kier molecular flexibility index (Phi) is 3.82. The molecule has 0 aliphatic rings. The van der Waals surface area contributed by atoms with Crippen LogP contribution in [0.15, 0.2) is 18.3 Å². The number of aliphatic hydroxyl groups is 2. The number of hydrogen-bond acceptors (Lipinski definition) is 5. The third-order valence-corrected chi connectivity index (χ3v) is 3.11. The normalized spacial score (nSPS) is 14.3. The third kappa shape index (κ3) is 2.74. The second kappa shape index (κ2) is 5.38. The van der Waals surface area contributed by atoms with E-state index in [2.05, 4.69) is 14.9 Å². The maximum Gasteiger partial charge on any atom is 0.308 e. The van der Waals surface area contributed by atoms with Gasteiger partial charge in [-0.3, -0.25) is 9.89 Å². The number of aryl methyl sites for hydroxylation is 1. The summed E-state index contributed by atoms with van der Waals surface area (Å²) in [5, 5.41) is 27.5. The summed E-state index contributed by atoms with van der Waals surface area (Å²) >= 11 is 0. The molecule has 2 aromatic rings. The van der Waals surface area contributed by atoms with Crippen LogP contribution in [0.1, 0.15) is 23.7 Å². The number of aromatic nitrogens is 2. The van der Waals surface area contributed by atoms with Crippen LogP contribution >= 0.6 is 0 Å². The Morgan fingerprint density at radius 3 is 2.89 bits per heavy atom. The van der Waals surface area contributed by atoms with Crippen molar-refractivity contribution in [2.24, 2.45) is 0 Å². The molecule has 1 aromatic heterocycles. The van der Waals surface area contributed by atoms with Gasteiger partial charge in [0.05, 0.1) is 31.3 Å². The first-order chi connectivity index (χ1) is 9.02. The summed E-state index contributed by atoms with van der Waals surface area (Å²) in [5.74, 6) is -0.561. The van der Waals surface area contributed by atoms with Crippen LogP contribution < -0.4 is 0 Å². The largest absolute Gasteiger partial charge is 0.469 e. The van der Waals surface area contributed by atoms with Crippen LogP contribution in [-0.4, -0.2) is 39.6 Å². The second-order valence-electron chi connectivity index (χ2n) is 4.46. The fraction of sp³-hybridized carbons (Fsp3) is 0.385. The summed E-state index contributed by atoms with van der Waals surface area (Å²) in [6.45, 7) is 1.82. The summed E-state index contributed by atoms with van der Waals surface area (Å²) in [4.78, 5) is 11.1. The lowest BCUT2D eigenvalue weighted by Gasteiger charge is -2.19. The van der Waals surface area contributed by atoms with E-state index < -0.39 is 18.2 Å². The minimum atomic E-state index is -1.20. The Hall–Kier alpha value is -1.92. The minimum absolute atomic E-state index is 0.249. The standard InChI is InChI=1S/C13H16N2O4/c1-7-3-10-8(6-14-15-10)4-9(7)13(18)11(16)5-12(17)19-2/h3-4,6,11,13,16,18H,5H2,1-2H3,(H,14,15). The van der Waals surface area contributed by atoms with Gasteiger partial charge in [0.25, 0.3) is 0 Å². The van der Waals surface area contributed by atoms with E-state index in [1.165, 1.54) is 7.11 Å². The number of carbonyl (C=O) groups excluding carboxylic acids is 1. The van der Waals surface area contributed by atoms with Crippen LogP contribution in [0.5, 0.6) is 0 Å². The molecule has 0 bridgehead atoms. The van der Waals surface area contributed by atoms with Gasteiger partial charge < -0.3 is 14.9 Å². The number of fused-ring (bicyclic) bond motifs is 1. The molecule has 0 spiro atoms. The van der Waals surface area contributed by atoms with Crippen LogP contribution in [0.2, 0.25) is 0 Å². The molecule has 0 fully saturated rings. The van der Waals surface area contributed by atoms with E-state index in [0.717, 1.165) is 16.5 Å². The summed E-state index contributed by atoms with van der Waals surface area (Å²) in [6, 6.07) is 3.59. The number of aliphatic hydroxyl groups excluding tert-OH is 2. The molecule has 3 N–H and O–H groups in total. The topological polar surface area (TPSA) is 95.4 Å². The first-order valence-corrected chi connectivity index (χ1v) is 5.89. The summed E-state index contributed by atoms with van der Waals surface area (Å²) < 4.78 is 4.47. The number of hydrogen-bond donors (Lipinski definition) is 3. The average Bonchev–Trinajstić information content (AvgIpc) is 2.83. The first kappa shape index (κ1) is 13.5. The fourth-order valence-corrected chi connectivity index (χ4v) is 2.01. The van der Waals surface area contributed by atoms with Crippen molar-refractivity contribution in [1.29, 1.82) is 0 Å². The van der Waals surface area contributed by atoms with Crippen LogP contribution in [0.3, 0.4) is 0 Å². The number of methoxy groups -OCH3 is 1. The van der Waals surface area contributed by atoms with Gasteiger partial charge in [-0.15, -0.1) is 0 Å². The predicted molar refractivity (Wildman–Crippen MR) is 68.4 cm³/mol. The highest BCUT2D eigenvalue weighted by molar-refractivity contribution is 5.79. The van der Waals surface area contributed by atoms with Gasteiger partial charge in [0.1, 0.15) is 6.10 Å². The number of nitrogens with one attached hydrogen (secondary N) is 1. The zero-order valence-corrected chi connectivity index (χ0v) is 10.8. The maximum absolute atomic E-state index is 11.1. The number of benzene rings is 1. The van der Waals surface area contributed by atoms with Crippen molar-refractivity contribution in [3.05, 3.63) is 29.5 Å². The van der Waals surface area contributed by atoms with E-state index in [4.69, 9.17) is 0 Å². The van der Waals surface area contributed by atoms with Gasteiger partial charge in [-0.2, -0.15) is 5.10 Å². The molecule has 6 nitrogen and oxygen atoms in total. The Bertz CT molecular complexity index is 593. The Morgan fingerprint density at radius 1 is 1.47 bits per heavy atom. The van der Waals surface area contributed by atoms with E-state index in [-0.39, 0.29) is 6.42 Å². The number of H-pyrrole nitrogens is 1. The lowest BCUT2D eigenvalue weighted by atomic mass is 9.96. The van der Waals surface area contributed by atoms with Crippen LogP contribution in [-0.2, 0) is 9.53 Å². The van der Waals surface area contributed by atoms with Crippen LogP contribution in [0, 0.1) is 6.92 Å². The molecule has 0 amide bonds. The number of carbonyl (C=O) groups is 1. The molecule has 6 heteroatoms. The van der Waals surface area contributed by atoms with E-state index in [1.807, 2.05) is 13.0 Å². The maximum atomic E-state index is 11.1. The van der Waals surface area contributed by atoms with Crippen molar-refractivity contribution in [3.8, 4) is 0 Å². The van der Waals surface area contributed by atoms with Crippen LogP contribution in [0.25, 0.3) is 10.9 Å². The zero-order valence-electron chi connectivity index (χ0n) is 10.8. The molecule has 2 atom stereocenters. The molecule has 0 saturated carbocycles. The first-order valence-electron chi connectivity index (χ1n) is 5.89. The Labute approximate surface area is 110 Å². The van der Waals surface area contributed by atoms with Gasteiger partial charge in [0.15, 0.2) is 0 Å². The molecule has 1 aromatic carbocycles. The van der Waals surface area contributed by atoms with Crippen LogP contribution in [0.4, 0.5) is 0 Å². The van der Waals surface area contributed by atoms with E-state index in [1.54, 1.807) is 12.3 Å². The highest BCUT2D eigenvalue weighted by Gasteiger charge is 2.23. The van der Waals surface area contributed by atoms with Gasteiger partial charge in [-0.1, -0.05) is 0 Å². The van der Waals surface area contributed by atoms with Crippen molar-refractivity contribution < 1.29 is 19.7 Å². The van der Waals surface area contributed by atoms with Crippen molar-refractivity contribution in [3.63, 3.8) is 0 Å². The molecule has 0 aliphatic heterocycles. The third-order valence-electron chi connectivity index (χ3n) is 3.11. The quantitative estimate of drug-likeness (QED) is 0.711. The number of ether oxygens (including phenoxy) is 1. The molecular formula is C13H16N2O4. The monoisotopic (exact) mass is 264 g/mol. The molecule has 0 aliphatic carbocycles. The average molecular weight is 264 g/mol. The molecule has 2 unspecified atom stereocenters. The summed E-state index contributed by atoms with van der Waals surface area (Å²) in [7, 11) is 1.24. The molecule has 19 heavy (non-hydrogen) atoms. The predicted octanol–water partition coefficient (Wildman–Crippen LogP) is 0.829. The molecule has 0 radical (unpaired) electrons. The van der Waals surface area contributed by atoms with Gasteiger partial charge in [-0.25, -0.2) is 0 Å². The Morgan fingerprint density at radius 2 is 2.21 bits per heavy atom. The molecule has 0 saturated heterocycles. The lowest BCUT2D eigenvalue weighted by molar-refractivity contribution is -0.144. The second-order valence-corrected chi connectivity index (χ2v) is 4.46. The van der Waals surface area contributed by atoms with E-state index in [0.29, 0.717) is 5.56 Å². The highest BCUT2D eigenvalue weighted by Crippen LogP contribution is 2.26. The van der Waals surface area contributed by atoms with Crippen molar-refractivity contribution in [1.82, 2.24) is 10.2 Å². The highest BCUT2D eigenvalue weighted by atomic mass is 16.5. The van der Waals surface area contributed by atoms with E-state index >= 15 is 0 Å². The number of nitrogens with zero attached hydrogens (tertiary/aromatic N) is 1. The van der Waals surface area contributed by atoms with E-state index in [9.17, 15) is 15.0 Å². The zero-order chi connectivity index (χ0) is 14.0. The smallest absolute Gasteiger partial charge is 0.308 e. The van der Waals surface area contributed by atoms with Crippen molar-refractivity contribution in [2.75, 3.05) is 7.11 Å². The Balaban J connectivity index is 2.26. The number of aromatic amines is 1. The van der Waals surface area contributed by atoms with Crippen molar-refractivity contribution >= 4 is 16.9 Å². The van der Waals surface area contributed by atoms with Gasteiger partial charge in [0, 0.05) is 5.39 Å². The van der Waals surface area contributed by atoms with Gasteiger partial charge in [-0.05, 0) is 30.2 Å². The summed E-state index contributed by atoms with van der Waals surface area (Å²) in [6.07, 6.45) is -0.952.